The van der Waals surface area contributed by atoms with Crippen LogP contribution < -0.4 is 5.32 Å². The van der Waals surface area contributed by atoms with Gasteiger partial charge in [-0.05, 0) is 38.7 Å². The first-order valence-corrected chi connectivity index (χ1v) is 6.53. The molecule has 0 saturated heterocycles. The Bertz CT molecular complexity index is 426. The minimum Gasteiger partial charge on any atom is -0.466 e. The Morgan fingerprint density at radius 2 is 2.11 bits per heavy atom. The molecule has 1 rings (SSSR count). The largest absolute Gasteiger partial charge is 0.466 e. The van der Waals surface area contributed by atoms with Gasteiger partial charge in [-0.3, -0.25) is 0 Å². The van der Waals surface area contributed by atoms with Crippen LogP contribution in [0.1, 0.15) is 56.7 Å². The highest BCUT2D eigenvalue weighted by molar-refractivity contribution is 5.23. The molecule has 1 unspecified atom stereocenters. The van der Waals surface area contributed by atoms with E-state index in [0.29, 0.717) is 6.42 Å². The molecule has 0 aliphatic heterocycles. The van der Waals surface area contributed by atoms with Crippen LogP contribution >= 0.6 is 0 Å². The molecule has 18 heavy (non-hydrogen) atoms. The summed E-state index contributed by atoms with van der Waals surface area (Å²) in [7, 11) is 0. The second kappa shape index (κ2) is 6.06. The standard InChI is InChI=1S/C15H24N2O/c1-11-9-14(13(3)18-11)12(2)17-10-15(4,5)7-6-8-16/h9,12,17H,6-7,10H2,1-5H3. The third-order valence-corrected chi connectivity index (χ3v) is 3.35. The summed E-state index contributed by atoms with van der Waals surface area (Å²) in [6, 6.07) is 4.59. The van der Waals surface area contributed by atoms with Crippen LogP contribution in [0.5, 0.6) is 0 Å². The van der Waals surface area contributed by atoms with E-state index >= 15 is 0 Å². The van der Waals surface area contributed by atoms with E-state index in [2.05, 4.69) is 38.2 Å². The molecule has 0 radical (unpaired) electrons. The van der Waals surface area contributed by atoms with Crippen LogP contribution in [-0.2, 0) is 0 Å². The number of nitriles is 1. The molecule has 1 aromatic heterocycles. The Morgan fingerprint density at radius 3 is 2.61 bits per heavy atom. The van der Waals surface area contributed by atoms with E-state index < -0.39 is 0 Å². The number of nitrogens with one attached hydrogen (secondary N) is 1. The molecule has 0 saturated carbocycles. The molecule has 100 valence electrons. The molecule has 1 atom stereocenters. The second-order valence-corrected chi connectivity index (χ2v) is 5.79. The minimum atomic E-state index is 0.149. The minimum absolute atomic E-state index is 0.149. The van der Waals surface area contributed by atoms with Gasteiger partial charge in [0.1, 0.15) is 11.5 Å². The number of furan rings is 1. The lowest BCUT2D eigenvalue weighted by atomic mass is 9.87. The molecule has 3 heteroatoms. The van der Waals surface area contributed by atoms with Crippen LogP contribution in [0.2, 0.25) is 0 Å². The summed E-state index contributed by atoms with van der Waals surface area (Å²) >= 11 is 0. The van der Waals surface area contributed by atoms with Crippen LogP contribution in [-0.4, -0.2) is 6.54 Å². The zero-order chi connectivity index (χ0) is 13.8. The lowest BCUT2D eigenvalue weighted by Crippen LogP contribution is -2.31. The molecule has 1 aromatic rings. The summed E-state index contributed by atoms with van der Waals surface area (Å²) in [5.74, 6) is 1.95. The third kappa shape index (κ3) is 4.19. The van der Waals surface area contributed by atoms with Crippen molar-refractivity contribution in [1.82, 2.24) is 5.32 Å². The zero-order valence-electron chi connectivity index (χ0n) is 12.1. The Balaban J connectivity index is 2.53. The Labute approximate surface area is 110 Å². The Hall–Kier alpha value is -1.27. The van der Waals surface area contributed by atoms with Crippen molar-refractivity contribution in [1.29, 1.82) is 5.26 Å². The molecule has 1 N–H and O–H groups in total. The lowest BCUT2D eigenvalue weighted by Gasteiger charge is -2.26. The van der Waals surface area contributed by atoms with Crippen LogP contribution in [0.25, 0.3) is 0 Å². The van der Waals surface area contributed by atoms with Crippen LogP contribution in [0.15, 0.2) is 10.5 Å². The molecule has 0 fully saturated rings. The predicted molar refractivity (Wildman–Crippen MR) is 73.2 cm³/mol. The van der Waals surface area contributed by atoms with Crippen molar-refractivity contribution in [2.45, 2.75) is 53.5 Å². The van der Waals surface area contributed by atoms with Gasteiger partial charge in [-0.25, -0.2) is 0 Å². The van der Waals surface area contributed by atoms with Gasteiger partial charge < -0.3 is 9.73 Å². The van der Waals surface area contributed by atoms with E-state index in [1.807, 2.05) is 13.8 Å². The molecule has 0 spiro atoms. The van der Waals surface area contributed by atoms with Crippen LogP contribution in [0.4, 0.5) is 0 Å². The summed E-state index contributed by atoms with van der Waals surface area (Å²) in [5.41, 5.74) is 1.38. The molecule has 0 aliphatic carbocycles. The summed E-state index contributed by atoms with van der Waals surface area (Å²) in [5, 5.41) is 12.2. The first-order valence-electron chi connectivity index (χ1n) is 6.53. The summed E-state index contributed by atoms with van der Waals surface area (Å²) in [6.07, 6.45) is 1.54. The van der Waals surface area contributed by atoms with Crippen LogP contribution in [0, 0.1) is 30.6 Å². The van der Waals surface area contributed by atoms with E-state index in [4.69, 9.17) is 9.68 Å². The Morgan fingerprint density at radius 1 is 1.44 bits per heavy atom. The van der Waals surface area contributed by atoms with E-state index in [-0.39, 0.29) is 11.5 Å². The fourth-order valence-electron chi connectivity index (χ4n) is 2.10. The number of hydrogen-bond acceptors (Lipinski definition) is 3. The van der Waals surface area contributed by atoms with Crippen molar-refractivity contribution >= 4 is 0 Å². The highest BCUT2D eigenvalue weighted by Crippen LogP contribution is 2.25. The van der Waals surface area contributed by atoms with Gasteiger partial charge >= 0.3 is 0 Å². The number of aryl methyl sites for hydroxylation is 2. The monoisotopic (exact) mass is 248 g/mol. The summed E-state index contributed by atoms with van der Waals surface area (Å²) in [6.45, 7) is 11.4. The van der Waals surface area contributed by atoms with Gasteiger partial charge in [-0.2, -0.15) is 5.26 Å². The molecule has 0 bridgehead atoms. The number of rotatable bonds is 6. The van der Waals surface area contributed by atoms with E-state index in [9.17, 15) is 0 Å². The first kappa shape index (κ1) is 14.8. The van der Waals surface area contributed by atoms with E-state index in [1.165, 1.54) is 5.56 Å². The van der Waals surface area contributed by atoms with Gasteiger partial charge in [0.05, 0.1) is 6.07 Å². The quantitative estimate of drug-likeness (QED) is 0.831. The normalized spacial score (nSPS) is 13.3. The highest BCUT2D eigenvalue weighted by Gasteiger charge is 2.20. The van der Waals surface area contributed by atoms with Gasteiger partial charge in [0.25, 0.3) is 0 Å². The topological polar surface area (TPSA) is 49.0 Å². The van der Waals surface area contributed by atoms with Crippen molar-refractivity contribution in [3.8, 4) is 6.07 Å². The predicted octanol–water partition coefficient (Wildman–Crippen LogP) is 3.88. The summed E-state index contributed by atoms with van der Waals surface area (Å²) in [4.78, 5) is 0. The lowest BCUT2D eigenvalue weighted by molar-refractivity contribution is 0.304. The van der Waals surface area contributed by atoms with E-state index in [0.717, 1.165) is 24.5 Å². The third-order valence-electron chi connectivity index (χ3n) is 3.35. The van der Waals surface area contributed by atoms with Crippen molar-refractivity contribution in [3.05, 3.63) is 23.2 Å². The number of hydrogen-bond donors (Lipinski definition) is 1. The van der Waals surface area contributed by atoms with Crippen molar-refractivity contribution in [2.24, 2.45) is 5.41 Å². The maximum atomic E-state index is 8.64. The molecular formula is C15H24N2O. The molecule has 0 aliphatic rings. The average molecular weight is 248 g/mol. The van der Waals surface area contributed by atoms with Gasteiger partial charge in [0, 0.05) is 24.6 Å². The van der Waals surface area contributed by atoms with Gasteiger partial charge in [0.15, 0.2) is 0 Å². The SMILES string of the molecule is Cc1cc(C(C)NCC(C)(C)CCC#N)c(C)o1. The Kier molecular flexibility index (Phi) is 4.98. The van der Waals surface area contributed by atoms with Gasteiger partial charge in [0.2, 0.25) is 0 Å². The van der Waals surface area contributed by atoms with Crippen LogP contribution in [0.3, 0.4) is 0 Å². The smallest absolute Gasteiger partial charge is 0.105 e. The molecule has 1 heterocycles. The molecular weight excluding hydrogens is 224 g/mol. The number of nitrogens with zero attached hydrogens (tertiary/aromatic N) is 1. The second-order valence-electron chi connectivity index (χ2n) is 5.79. The fourth-order valence-corrected chi connectivity index (χ4v) is 2.10. The van der Waals surface area contributed by atoms with E-state index in [1.54, 1.807) is 0 Å². The molecule has 0 aromatic carbocycles. The molecule has 3 nitrogen and oxygen atoms in total. The van der Waals surface area contributed by atoms with Crippen molar-refractivity contribution in [2.75, 3.05) is 6.54 Å². The summed E-state index contributed by atoms with van der Waals surface area (Å²) < 4.78 is 5.55. The average Bonchev–Trinajstić information content (AvgIpc) is 2.63. The van der Waals surface area contributed by atoms with Crippen molar-refractivity contribution in [3.63, 3.8) is 0 Å². The maximum absolute atomic E-state index is 8.64. The zero-order valence-corrected chi connectivity index (χ0v) is 12.1. The van der Waals surface area contributed by atoms with Crippen molar-refractivity contribution < 1.29 is 4.42 Å². The highest BCUT2D eigenvalue weighted by atomic mass is 16.3. The fraction of sp³-hybridized carbons (Fsp3) is 0.667. The van der Waals surface area contributed by atoms with Gasteiger partial charge in [-0.1, -0.05) is 13.8 Å². The first-order chi connectivity index (χ1) is 8.35. The van der Waals surface area contributed by atoms with Gasteiger partial charge in [-0.15, -0.1) is 0 Å². The molecule has 0 amide bonds. The maximum Gasteiger partial charge on any atom is 0.105 e.